The number of nitrogens with zero attached hydrogens (tertiary/aromatic N) is 1. The molecule has 0 saturated heterocycles. The maximum Gasteiger partial charge on any atom is 0.343 e. The summed E-state index contributed by atoms with van der Waals surface area (Å²) in [6.07, 6.45) is 23.6. The maximum atomic E-state index is 13.6. The molecule has 0 amide bonds. The number of carbonyl (C=O) groups excluding carboxylic acids is 2. The van der Waals surface area contributed by atoms with Gasteiger partial charge in [0.25, 0.3) is 0 Å². The molecule has 390 valence electrons. The van der Waals surface area contributed by atoms with Crippen molar-refractivity contribution in [1.82, 2.24) is 0 Å². The van der Waals surface area contributed by atoms with Crippen LogP contribution in [0.3, 0.4) is 0 Å². The molecule has 0 aliphatic rings. The second kappa shape index (κ2) is 31.4. The van der Waals surface area contributed by atoms with Gasteiger partial charge in [0.2, 0.25) is 5.75 Å². The van der Waals surface area contributed by atoms with E-state index in [4.69, 9.17) is 18.9 Å². The van der Waals surface area contributed by atoms with E-state index in [2.05, 4.69) is 27.0 Å². The van der Waals surface area contributed by atoms with E-state index in [1.165, 1.54) is 102 Å². The molecule has 9 heteroatoms. The smallest absolute Gasteiger partial charge is 0.343 e. The van der Waals surface area contributed by atoms with Gasteiger partial charge in [0, 0.05) is 11.6 Å². The van der Waals surface area contributed by atoms with Crippen LogP contribution in [0.15, 0.2) is 134 Å². The van der Waals surface area contributed by atoms with Gasteiger partial charge < -0.3 is 18.9 Å². The van der Waals surface area contributed by atoms with Crippen molar-refractivity contribution in [1.29, 1.82) is 0 Å². The number of esters is 2. The summed E-state index contributed by atoms with van der Waals surface area (Å²) in [5.41, 5.74) is 7.88. The lowest BCUT2D eigenvalue weighted by atomic mass is 10.0. The van der Waals surface area contributed by atoms with Crippen LogP contribution in [0.5, 0.6) is 23.0 Å². The topological polar surface area (TPSA) is 114 Å². The van der Waals surface area contributed by atoms with Crippen LogP contribution >= 0.6 is 0 Å². The second-order valence-corrected chi connectivity index (χ2v) is 18.9. The fraction of sp³-hybridized carbons (Fsp3) is 0.354. The second-order valence-electron chi connectivity index (χ2n) is 18.9. The molecule has 6 aromatic carbocycles. The molecule has 0 saturated carbocycles. The van der Waals surface area contributed by atoms with Crippen LogP contribution in [0, 0.1) is 30.9 Å². The first-order chi connectivity index (χ1) is 36.0. The Morgan fingerprint density at radius 2 is 0.824 bits per heavy atom. The zero-order valence-electron chi connectivity index (χ0n) is 44.6. The number of nitro benzene ring substituents is 1. The van der Waals surface area contributed by atoms with Crippen molar-refractivity contribution in [2.75, 3.05) is 13.2 Å². The van der Waals surface area contributed by atoms with Gasteiger partial charge in [0.15, 0.2) is 0 Å². The highest BCUT2D eigenvalue weighted by atomic mass is 16.6. The third kappa shape index (κ3) is 18.3. The van der Waals surface area contributed by atoms with Gasteiger partial charge in [-0.3, -0.25) is 10.1 Å². The number of hydrogen-bond donors (Lipinski definition) is 0. The predicted molar refractivity (Wildman–Crippen MR) is 304 cm³/mol. The summed E-state index contributed by atoms with van der Waals surface area (Å²) in [6.45, 7) is 17.6. The fourth-order valence-electron chi connectivity index (χ4n) is 8.56. The average Bonchev–Trinajstić information content (AvgIpc) is 3.42. The number of ether oxygens (including phenoxy) is 4. The van der Waals surface area contributed by atoms with E-state index in [9.17, 15) is 19.7 Å². The van der Waals surface area contributed by atoms with Gasteiger partial charge in [-0.1, -0.05) is 164 Å². The molecule has 0 unspecified atom stereocenters. The summed E-state index contributed by atoms with van der Waals surface area (Å²) in [5.74, 6) is 0.605. The SMILES string of the molecule is C=C.CCCCCCCCCCOc1ccc(-c2ccc(C(=O)Oc3cc(C)c(C)cc3/C=C/c3cc(OC(=O)c4ccc(-c5ccc(OCCCCCCCCCC)cc5)cc4)c([N+](=O)[O-])cc3C)cc2)cc1. The van der Waals surface area contributed by atoms with Crippen LogP contribution in [-0.4, -0.2) is 30.1 Å². The molecule has 0 heterocycles. The van der Waals surface area contributed by atoms with Crippen molar-refractivity contribution in [2.24, 2.45) is 0 Å². The summed E-state index contributed by atoms with van der Waals surface area (Å²) in [6, 6.07) is 36.8. The Bertz CT molecular complexity index is 2700. The molecule has 0 aliphatic carbocycles. The summed E-state index contributed by atoms with van der Waals surface area (Å²) >= 11 is 0. The van der Waals surface area contributed by atoms with Gasteiger partial charge in [0.05, 0.1) is 29.3 Å². The molecule has 0 radical (unpaired) electrons. The normalized spacial score (nSPS) is 10.9. The average molecular weight is 1000 g/mol. The third-order valence-corrected chi connectivity index (χ3v) is 13.2. The lowest BCUT2D eigenvalue weighted by Gasteiger charge is -2.12. The van der Waals surface area contributed by atoms with Crippen LogP contribution < -0.4 is 18.9 Å². The van der Waals surface area contributed by atoms with Gasteiger partial charge in [-0.25, -0.2) is 9.59 Å². The molecule has 0 spiro atoms. The van der Waals surface area contributed by atoms with E-state index in [1.54, 1.807) is 43.3 Å². The van der Waals surface area contributed by atoms with Crippen LogP contribution in [0.1, 0.15) is 165 Å². The first-order valence-corrected chi connectivity index (χ1v) is 26.7. The van der Waals surface area contributed by atoms with Crippen LogP contribution in [0.2, 0.25) is 0 Å². The molecular formula is C65H77NO8. The minimum Gasteiger partial charge on any atom is -0.494 e. The Balaban J connectivity index is 0.00000501. The monoisotopic (exact) mass is 1000 g/mol. The molecular weight excluding hydrogens is 923 g/mol. The zero-order chi connectivity index (χ0) is 53.1. The molecule has 0 N–H and O–H groups in total. The molecule has 74 heavy (non-hydrogen) atoms. The van der Waals surface area contributed by atoms with Crippen molar-refractivity contribution in [2.45, 2.75) is 137 Å². The first-order valence-electron chi connectivity index (χ1n) is 26.7. The Morgan fingerprint density at radius 3 is 1.24 bits per heavy atom. The number of carbonyl (C=O) groups is 2. The number of unbranched alkanes of at least 4 members (excludes halogenated alkanes) is 14. The summed E-state index contributed by atoms with van der Waals surface area (Å²) in [5, 5.41) is 12.2. The van der Waals surface area contributed by atoms with Crippen LogP contribution in [-0.2, 0) is 0 Å². The minimum absolute atomic E-state index is 0.185. The molecule has 0 bridgehead atoms. The Kier molecular flexibility index (Phi) is 24.4. The van der Waals surface area contributed by atoms with Gasteiger partial charge in [0.1, 0.15) is 17.2 Å². The van der Waals surface area contributed by atoms with Crippen molar-refractivity contribution < 1.29 is 33.5 Å². The number of aryl methyl sites for hydroxylation is 3. The molecule has 0 aromatic heterocycles. The van der Waals surface area contributed by atoms with E-state index in [1.807, 2.05) is 98.8 Å². The highest BCUT2D eigenvalue weighted by Crippen LogP contribution is 2.34. The quantitative estimate of drug-likeness (QED) is 0.00868. The molecule has 9 nitrogen and oxygen atoms in total. The van der Waals surface area contributed by atoms with Crippen LogP contribution in [0.4, 0.5) is 5.69 Å². The molecule has 0 atom stereocenters. The van der Waals surface area contributed by atoms with E-state index >= 15 is 0 Å². The lowest BCUT2D eigenvalue weighted by molar-refractivity contribution is -0.385. The zero-order valence-corrected chi connectivity index (χ0v) is 44.6. The van der Waals surface area contributed by atoms with Crippen LogP contribution in [0.25, 0.3) is 34.4 Å². The molecule has 6 rings (SSSR count). The van der Waals surface area contributed by atoms with Crippen molar-refractivity contribution in [3.63, 3.8) is 0 Å². The molecule has 6 aromatic rings. The van der Waals surface area contributed by atoms with Gasteiger partial charge in [-0.15, -0.1) is 13.2 Å². The predicted octanol–water partition coefficient (Wildman–Crippen LogP) is 18.3. The summed E-state index contributed by atoms with van der Waals surface area (Å²) < 4.78 is 23.7. The van der Waals surface area contributed by atoms with Crippen molar-refractivity contribution >= 4 is 29.8 Å². The number of hydrogen-bond acceptors (Lipinski definition) is 8. The highest BCUT2D eigenvalue weighted by Gasteiger charge is 2.22. The van der Waals surface area contributed by atoms with Crippen molar-refractivity contribution in [3.05, 3.63) is 184 Å². The Hall–Kier alpha value is -7.26. The van der Waals surface area contributed by atoms with Gasteiger partial charge in [-0.05, 0) is 145 Å². The first kappa shape index (κ1) is 57.6. The van der Waals surface area contributed by atoms with Gasteiger partial charge >= 0.3 is 17.6 Å². The largest absolute Gasteiger partial charge is 0.494 e. The number of rotatable bonds is 29. The molecule has 0 fully saturated rings. The highest BCUT2D eigenvalue weighted by molar-refractivity contribution is 5.93. The third-order valence-electron chi connectivity index (χ3n) is 13.2. The number of benzene rings is 6. The minimum atomic E-state index is -0.725. The summed E-state index contributed by atoms with van der Waals surface area (Å²) in [4.78, 5) is 38.7. The van der Waals surface area contributed by atoms with E-state index < -0.39 is 16.9 Å². The maximum absolute atomic E-state index is 13.6. The van der Waals surface area contributed by atoms with E-state index in [0.29, 0.717) is 41.2 Å². The number of nitro groups is 1. The van der Waals surface area contributed by atoms with Gasteiger partial charge in [-0.2, -0.15) is 0 Å². The van der Waals surface area contributed by atoms with E-state index in [0.717, 1.165) is 57.7 Å². The molecule has 0 aliphatic heterocycles. The lowest BCUT2D eigenvalue weighted by Crippen LogP contribution is -2.10. The standard InChI is InChI=1S/C63H73NO8.C2H4/c1-6-8-10-12-14-16-18-20-40-69-57-36-32-51(33-37-57)49-22-26-53(27-23-49)62(65)71-60-44-47(4)46(3)42-56(60)31-30-55-45-61(59(64(67)68)43-48(55)5)72-63(66)54-28-24-50(25-29-54)52-34-38-58(39-35-52)70-41-21-19-17-15-13-11-9-7-2;1-2/h22-39,42-45H,6-21,40-41H2,1-5H3;1-2H2/b31-30+;. The van der Waals surface area contributed by atoms with E-state index in [-0.39, 0.29) is 17.0 Å². The Morgan fingerprint density at radius 1 is 0.459 bits per heavy atom. The Labute approximate surface area is 440 Å². The fourth-order valence-corrected chi connectivity index (χ4v) is 8.56. The summed E-state index contributed by atoms with van der Waals surface area (Å²) in [7, 11) is 0. The van der Waals surface area contributed by atoms with Crippen molar-refractivity contribution in [3.8, 4) is 45.3 Å².